The Hall–Kier alpha value is -6.91. The van der Waals surface area contributed by atoms with E-state index in [1.54, 1.807) is 67.1 Å². The molecule has 4 aliphatic carbocycles. The van der Waals surface area contributed by atoms with Gasteiger partial charge in [0.1, 0.15) is 36.8 Å². The Labute approximate surface area is 614 Å². The number of thioether (sulfide) groups is 2. The molecule has 9 N–H and O–H groups in total. The molecule has 0 aromatic heterocycles. The molecule has 22 heteroatoms. The summed E-state index contributed by atoms with van der Waals surface area (Å²) in [7, 11) is 0. The van der Waals surface area contributed by atoms with E-state index in [9.17, 15) is 38.4 Å². The second kappa shape index (κ2) is 37.7. The molecule has 2 aliphatic heterocycles. The third-order valence-corrected chi connectivity index (χ3v) is 25.4. The first kappa shape index (κ1) is 79.2. The van der Waals surface area contributed by atoms with E-state index >= 15 is 0 Å². The van der Waals surface area contributed by atoms with E-state index in [0.29, 0.717) is 27.4 Å². The van der Waals surface area contributed by atoms with Gasteiger partial charge < -0.3 is 57.3 Å². The van der Waals surface area contributed by atoms with Crippen LogP contribution in [0.25, 0.3) is 0 Å². The van der Waals surface area contributed by atoms with Gasteiger partial charge in [-0.15, -0.1) is 11.8 Å². The van der Waals surface area contributed by atoms with Crippen LogP contribution in [-0.4, -0.2) is 149 Å². The van der Waals surface area contributed by atoms with Crippen molar-refractivity contribution in [2.75, 3.05) is 36.9 Å². The fraction of sp³-hybridized carbons (Fsp3) is 0.637. The van der Waals surface area contributed by atoms with Crippen LogP contribution >= 0.6 is 23.5 Å². The summed E-state index contributed by atoms with van der Waals surface area (Å²) in [6.45, 7) is 20.8. The largest absolute Gasteiger partial charge is 0.459 e. The Morgan fingerprint density at radius 1 is 0.667 bits per heavy atom. The number of amides is 7. The molecule has 3 aromatic carbocycles. The van der Waals surface area contributed by atoms with Gasteiger partial charge >= 0.3 is 5.97 Å². The summed E-state index contributed by atoms with van der Waals surface area (Å²) in [6, 6.07) is 20.7. The Balaban J connectivity index is 0.723. The highest BCUT2D eigenvalue weighted by molar-refractivity contribution is 8.00. The number of esters is 1. The second-order valence-electron chi connectivity index (χ2n) is 31.3. The monoisotopic (exact) mass is 1440 g/mol. The molecular weight excluding hydrogens is 1330 g/mol. The molecule has 3 saturated carbocycles. The Morgan fingerprint density at radius 3 is 2.01 bits per heavy atom. The van der Waals surface area contributed by atoms with Crippen LogP contribution in [-0.2, 0) is 67.5 Å². The van der Waals surface area contributed by atoms with E-state index in [1.807, 2.05) is 50.2 Å². The van der Waals surface area contributed by atoms with Crippen molar-refractivity contribution in [1.29, 1.82) is 0 Å². The number of allylic oxidation sites excluding steroid dienone is 2. The quantitative estimate of drug-likeness (QED) is 0.0199. The fourth-order valence-electron chi connectivity index (χ4n) is 17.2. The molecule has 7 amide bonds. The van der Waals surface area contributed by atoms with Crippen LogP contribution in [0.15, 0.2) is 108 Å². The molecule has 6 aliphatic rings. The minimum Gasteiger partial charge on any atom is -0.459 e. The van der Waals surface area contributed by atoms with Gasteiger partial charge in [-0.1, -0.05) is 170 Å². The third-order valence-electron chi connectivity index (χ3n) is 22.9. The number of carbonyl (C=O) groups is 8. The number of fused-ring (bicyclic) bond motifs is 6. The van der Waals surface area contributed by atoms with Crippen molar-refractivity contribution in [2.45, 2.75) is 232 Å². The van der Waals surface area contributed by atoms with Crippen molar-refractivity contribution in [1.82, 2.24) is 42.1 Å². The van der Waals surface area contributed by atoms with E-state index < -0.39 is 90.7 Å². The maximum atomic E-state index is 14.5. The average molecular weight is 1440 g/mol. The predicted octanol–water partition coefficient (Wildman–Crippen LogP) is 9.73. The predicted molar refractivity (Wildman–Crippen MR) is 404 cm³/mol. The number of benzene rings is 3. The maximum Gasteiger partial charge on any atom is 0.329 e. The smallest absolute Gasteiger partial charge is 0.329 e. The van der Waals surface area contributed by atoms with E-state index in [1.165, 1.54) is 89.3 Å². The number of guanidine groups is 1. The zero-order valence-electron chi connectivity index (χ0n) is 61.8. The Morgan fingerprint density at radius 2 is 1.32 bits per heavy atom. The highest BCUT2D eigenvalue weighted by Crippen LogP contribution is 2.67. The van der Waals surface area contributed by atoms with Crippen molar-refractivity contribution in [3.05, 3.63) is 119 Å². The number of nitrogens with two attached hydrogens (primary N) is 1. The summed E-state index contributed by atoms with van der Waals surface area (Å²) in [6.07, 6.45) is 18.1. The van der Waals surface area contributed by atoms with Crippen LogP contribution in [0.2, 0.25) is 0 Å². The highest BCUT2D eigenvalue weighted by atomic mass is 32.2. The van der Waals surface area contributed by atoms with Crippen LogP contribution in [0.5, 0.6) is 0 Å². The van der Waals surface area contributed by atoms with Crippen molar-refractivity contribution < 1.29 is 47.8 Å². The summed E-state index contributed by atoms with van der Waals surface area (Å²) in [4.78, 5) is 117. The van der Waals surface area contributed by atoms with E-state index in [-0.39, 0.29) is 55.7 Å². The summed E-state index contributed by atoms with van der Waals surface area (Å²) in [5.74, 6) is 1.70. The third kappa shape index (κ3) is 22.1. The molecule has 4 fully saturated rings. The molecule has 3 aromatic rings. The highest BCUT2D eigenvalue weighted by Gasteiger charge is 2.59. The Bertz CT molecular complexity index is 3360. The lowest BCUT2D eigenvalue weighted by atomic mass is 9.47. The van der Waals surface area contributed by atoms with Gasteiger partial charge in [-0.3, -0.25) is 33.6 Å². The van der Waals surface area contributed by atoms with Crippen LogP contribution in [0, 0.1) is 52.3 Å². The lowest BCUT2D eigenvalue weighted by molar-refractivity contribution is -0.149. The van der Waals surface area contributed by atoms with Gasteiger partial charge in [-0.05, 0) is 153 Å². The van der Waals surface area contributed by atoms with E-state index in [2.05, 4.69) is 94.6 Å². The molecule has 102 heavy (non-hydrogen) atoms. The summed E-state index contributed by atoms with van der Waals surface area (Å²) in [5.41, 5.74) is 10.5. The number of primary amides is 1. The standard InChI is InChI=1S/C80H116N10O10S2/c1-50(2)20-19-21-52(5)63-30-31-64-62-29-28-58-42-61(32-36-79(58,8)65(62)33-37-80(63,64)9)102-48-60-35-39-90-38-34-59(84-78(90)85-60)47-101-49-71(93)82-44-70(92)83-53(6)73(94)89-72(54(7)99-45-56-24-15-11-16-25-56)76(97)87-66(40-51(3)4)74(95)86-67(43-69(81)91)75(96)88-68(41-55-22-13-10-14-23-55)77(98)100-46-57-26-17-12-18-27-57/h10-18,22-28,50-54,59-68,72H,19-21,29-49H2,1-9H3,(H2,81,91)(H,82,93)(H,83,92)(H,84,85)(H,86,95)(H,87,97)(H,88,96)(H,89,94)/t52-,53+,54-,59+,60+,61-,62?,63-,64?,65?,66+,67+,68+,72+,79+,80-/m1/s1. The number of aliphatic imine (C=N–C) groups is 1. The van der Waals surface area contributed by atoms with Crippen LogP contribution in [0.1, 0.15) is 175 Å². The van der Waals surface area contributed by atoms with Gasteiger partial charge in [-0.2, -0.15) is 11.8 Å². The van der Waals surface area contributed by atoms with Gasteiger partial charge in [0.15, 0.2) is 5.96 Å². The first-order valence-electron chi connectivity index (χ1n) is 37.8. The minimum atomic E-state index is -1.58. The first-order valence-corrected chi connectivity index (χ1v) is 40.0. The number of nitrogens with one attached hydrogen (secondary N) is 7. The molecule has 20 nitrogen and oxygen atoms in total. The number of nitrogens with zero attached hydrogens (tertiary/aromatic N) is 2. The van der Waals surface area contributed by atoms with Gasteiger partial charge in [-0.25, -0.2) is 9.79 Å². The summed E-state index contributed by atoms with van der Waals surface area (Å²) >= 11 is 3.63. The molecule has 9 rings (SSSR count). The number of ether oxygens (including phenoxy) is 2. The molecule has 3 unspecified atom stereocenters. The van der Waals surface area contributed by atoms with Gasteiger partial charge in [0.05, 0.1) is 37.5 Å². The molecule has 16 atom stereocenters. The average Bonchev–Trinajstić information content (AvgIpc) is 1.39. The van der Waals surface area contributed by atoms with Gasteiger partial charge in [0.25, 0.3) is 0 Å². The van der Waals surface area contributed by atoms with Crippen LogP contribution < -0.4 is 43.0 Å². The zero-order valence-corrected chi connectivity index (χ0v) is 63.4. The molecule has 2 heterocycles. The van der Waals surface area contributed by atoms with Crippen LogP contribution in [0.3, 0.4) is 0 Å². The van der Waals surface area contributed by atoms with Crippen molar-refractivity contribution in [2.24, 2.45) is 63.0 Å². The lowest BCUT2D eigenvalue weighted by Gasteiger charge is -2.58. The number of hydrogen-bond donors (Lipinski definition) is 8. The number of hydrogen-bond acceptors (Lipinski definition) is 15. The van der Waals surface area contributed by atoms with Gasteiger partial charge in [0.2, 0.25) is 41.4 Å². The SMILES string of the molecule is CC(C)CCC[C@@H](C)[C@H]1CCC2C3CC=C4C[C@H](SC[C@@H]5CCN6CC[C@@H](CSCC(=O)NCC(=O)N[C@@H](C)C(=O)N[C@H](C(=O)N[C@@H](CC(C)C)C(=O)N[C@@H](CC(N)=O)C(=O)N[C@@H](Cc7ccccc7)C(=O)OCc7ccccc7)[C@@H](C)OCc7ccccc7)NC6=N5)CC[C@]4(C)C3CC[C@@]21C. The molecule has 0 spiro atoms. The minimum absolute atomic E-state index is 0.0213. The molecule has 0 radical (unpaired) electrons. The van der Waals surface area contributed by atoms with Crippen molar-refractivity contribution in [3.63, 3.8) is 0 Å². The molecule has 1 saturated heterocycles. The first-order chi connectivity index (χ1) is 48.8. The molecular formula is C80H116N10O10S2. The van der Waals surface area contributed by atoms with Crippen LogP contribution in [0.4, 0.5) is 0 Å². The van der Waals surface area contributed by atoms with Crippen molar-refractivity contribution >= 4 is 76.8 Å². The van der Waals surface area contributed by atoms with E-state index in [0.717, 1.165) is 84.3 Å². The number of carbonyl (C=O) groups excluding carboxylic acids is 8. The van der Waals surface area contributed by atoms with E-state index in [4.69, 9.17) is 20.2 Å². The second-order valence-corrected chi connectivity index (χ2v) is 33.7. The van der Waals surface area contributed by atoms with Crippen molar-refractivity contribution in [3.8, 4) is 0 Å². The summed E-state index contributed by atoms with van der Waals surface area (Å²) in [5, 5.41) is 20.3. The topological polar surface area (TPSA) is 281 Å². The Kier molecular flexibility index (Phi) is 29.3. The molecule has 558 valence electrons. The van der Waals surface area contributed by atoms with Gasteiger partial charge in [0, 0.05) is 42.3 Å². The molecule has 0 bridgehead atoms. The number of rotatable bonds is 36. The lowest BCUT2D eigenvalue weighted by Crippen LogP contribution is -2.61. The normalized spacial score (nSPS) is 25.6. The zero-order chi connectivity index (χ0) is 73.1. The maximum absolute atomic E-state index is 14.5. The fourth-order valence-corrected chi connectivity index (χ4v) is 19.4. The summed E-state index contributed by atoms with van der Waals surface area (Å²) < 4.78 is 11.8.